The maximum Gasteiger partial charge on any atom is 0.330 e. The molecule has 0 fully saturated rings. The van der Waals surface area contributed by atoms with Gasteiger partial charge in [-0.2, -0.15) is 11.8 Å². The minimum Gasteiger partial charge on any atom is -0.467 e. The summed E-state index contributed by atoms with van der Waals surface area (Å²) in [4.78, 5) is 62.2. The van der Waals surface area contributed by atoms with Crippen molar-refractivity contribution < 1.29 is 38.5 Å². The summed E-state index contributed by atoms with van der Waals surface area (Å²) in [6, 6.07) is 13.9. The second kappa shape index (κ2) is 42.8. The molecule has 0 aliphatic heterocycles. The summed E-state index contributed by atoms with van der Waals surface area (Å²) in [6.45, 7) is 6.83. The van der Waals surface area contributed by atoms with Gasteiger partial charge in [0.2, 0.25) is 5.91 Å². The lowest BCUT2D eigenvalue weighted by molar-refractivity contribution is -0.157. The molecule has 15 nitrogen and oxygen atoms in total. The molecule has 0 aliphatic rings. The number of carbonyl (C=O) groups excluding carboxylic acids is 4. The third-order valence-corrected chi connectivity index (χ3v) is 16.6. The maximum atomic E-state index is 13.8. The predicted molar refractivity (Wildman–Crippen MR) is 340 cm³/mol. The van der Waals surface area contributed by atoms with Gasteiger partial charge in [0, 0.05) is 49.2 Å². The molecule has 0 aliphatic carbocycles. The number of hydrogen-bond acceptors (Lipinski definition) is 13. The highest BCUT2D eigenvalue weighted by Gasteiger charge is 2.28. The van der Waals surface area contributed by atoms with Gasteiger partial charge in [-0.15, -0.1) is 0 Å². The first kappa shape index (κ1) is 69.5. The highest BCUT2D eigenvalue weighted by molar-refractivity contribution is 7.99. The molecular weight excluding hydrogens is 1070 g/mol. The molecule has 6 N–H and O–H groups in total. The van der Waals surface area contributed by atoms with E-state index in [-0.39, 0.29) is 41.6 Å². The quantitative estimate of drug-likeness (QED) is 0.0121. The number of aryl methyl sites for hydroxylation is 1. The first-order valence-electron chi connectivity index (χ1n) is 31.6. The Morgan fingerprint density at radius 2 is 1.17 bits per heavy atom. The van der Waals surface area contributed by atoms with Gasteiger partial charge in [0.1, 0.15) is 30.1 Å². The molecule has 0 radical (unpaired) electrons. The van der Waals surface area contributed by atoms with Gasteiger partial charge in [0.15, 0.2) is 17.0 Å². The molecule has 1 amide bonds. The number of hydrogen-bond donors (Lipinski definition) is 5. The highest BCUT2D eigenvalue weighted by atomic mass is 32.2. The number of esters is 3. The Balaban J connectivity index is 1.33. The number of thioether (sulfide) groups is 1. The molecule has 4 rings (SSSR count). The van der Waals surface area contributed by atoms with Crippen molar-refractivity contribution in [3.63, 3.8) is 0 Å². The third kappa shape index (κ3) is 27.6. The van der Waals surface area contributed by atoms with Crippen LogP contribution in [-0.2, 0) is 52.9 Å². The molecule has 0 bridgehead atoms. The summed E-state index contributed by atoms with van der Waals surface area (Å²) in [5.41, 5.74) is 11.0. The number of benzene rings is 2. The van der Waals surface area contributed by atoms with Gasteiger partial charge < -0.3 is 45.6 Å². The standard InChI is InChI=1S/C65H103N7O8S2/c1-5-8-11-13-15-17-19-21-23-25-27-29-31-38-58(74)79-47-52(80-59(75)39-32-30-28-26-24-22-20-18-16-14-12-9-6-2)48-82-49-56(63(76)69-55(46-73)64(77)78-4)70-65(81)67-44-50-40-42-51(43-41-50)45-72-57(37-10-7-3)71-60-61(72)53-35-33-34-36-54(53)68-62(60)66/h33-36,40-43,52,55-56,73H,5-32,37-39,44-49H2,1-4H3,(H2,66,68)(H,69,76)(H2,67,70,81)/t52-,55+,56+/m1/s1. The van der Waals surface area contributed by atoms with Gasteiger partial charge in [-0.1, -0.05) is 224 Å². The second-order valence-corrected chi connectivity index (χ2v) is 23.7. The second-order valence-electron chi connectivity index (χ2n) is 22.2. The summed E-state index contributed by atoms with van der Waals surface area (Å²) in [5, 5.41) is 20.1. The Morgan fingerprint density at radius 1 is 0.646 bits per heavy atom. The lowest BCUT2D eigenvalue weighted by Gasteiger charge is -2.24. The number of nitrogens with two attached hydrogens (primary N) is 1. The van der Waals surface area contributed by atoms with Gasteiger partial charge in [0.05, 0.1) is 24.8 Å². The van der Waals surface area contributed by atoms with Gasteiger partial charge in [-0.05, 0) is 48.7 Å². The average Bonchev–Trinajstić information content (AvgIpc) is 3.03. The smallest absolute Gasteiger partial charge is 0.330 e. The highest BCUT2D eigenvalue weighted by Crippen LogP contribution is 2.30. The van der Waals surface area contributed by atoms with E-state index < -0.39 is 36.7 Å². The topological polar surface area (TPSA) is 209 Å². The van der Waals surface area contributed by atoms with Crippen molar-refractivity contribution in [2.75, 3.05) is 37.6 Å². The molecule has 4 aromatic rings. The van der Waals surface area contributed by atoms with Crippen molar-refractivity contribution >= 4 is 80.7 Å². The first-order chi connectivity index (χ1) is 40.0. The number of nitrogens with zero attached hydrogens (tertiary/aromatic N) is 3. The molecule has 0 saturated heterocycles. The van der Waals surface area contributed by atoms with Crippen LogP contribution in [0.5, 0.6) is 0 Å². The lowest BCUT2D eigenvalue weighted by Crippen LogP contribution is -2.55. The number of nitrogens with one attached hydrogen (secondary N) is 3. The average molecular weight is 1170 g/mol. The summed E-state index contributed by atoms with van der Waals surface area (Å²) in [7, 11) is 1.18. The molecule has 3 atom stereocenters. The van der Waals surface area contributed by atoms with Crippen LogP contribution >= 0.6 is 24.0 Å². The number of ether oxygens (including phenoxy) is 3. The van der Waals surface area contributed by atoms with Crippen molar-refractivity contribution in [3.8, 4) is 0 Å². The first-order valence-corrected chi connectivity index (χ1v) is 33.1. The minimum atomic E-state index is -1.30. The Hall–Kier alpha value is -5.00. The van der Waals surface area contributed by atoms with E-state index in [0.717, 1.165) is 97.6 Å². The summed E-state index contributed by atoms with van der Waals surface area (Å²) < 4.78 is 18.8. The Kier molecular flexibility index (Phi) is 36.2. The summed E-state index contributed by atoms with van der Waals surface area (Å²) in [6.07, 6.45) is 34.0. The fourth-order valence-corrected chi connectivity index (χ4v) is 11.5. The van der Waals surface area contributed by atoms with Gasteiger partial charge in [0.25, 0.3) is 0 Å². The number of imidazole rings is 1. The van der Waals surface area contributed by atoms with E-state index in [4.69, 9.17) is 37.1 Å². The number of nitrogen functional groups attached to an aromatic ring is 1. The number of aromatic nitrogens is 3. The van der Waals surface area contributed by atoms with Crippen LogP contribution in [-0.4, -0.2) is 98.6 Å². The van der Waals surface area contributed by atoms with E-state index in [1.165, 1.54) is 141 Å². The van der Waals surface area contributed by atoms with Crippen molar-refractivity contribution in [3.05, 3.63) is 65.5 Å². The van der Waals surface area contributed by atoms with E-state index in [9.17, 15) is 24.3 Å². The number of pyridine rings is 1. The number of aliphatic hydroxyl groups excluding tert-OH is 1. The molecule has 82 heavy (non-hydrogen) atoms. The van der Waals surface area contributed by atoms with Crippen molar-refractivity contribution in [1.82, 2.24) is 30.5 Å². The Morgan fingerprint density at radius 3 is 1.72 bits per heavy atom. The number of fused-ring (bicyclic) bond motifs is 3. The van der Waals surface area contributed by atoms with Crippen LogP contribution < -0.4 is 21.7 Å². The number of para-hydroxylation sites is 1. The molecule has 2 aromatic carbocycles. The summed E-state index contributed by atoms with van der Waals surface area (Å²) >= 11 is 7.05. The molecule has 17 heteroatoms. The van der Waals surface area contributed by atoms with E-state index in [2.05, 4.69) is 64.5 Å². The number of aliphatic hydroxyl groups is 1. The maximum absolute atomic E-state index is 13.8. The minimum absolute atomic E-state index is 0.103. The normalized spacial score (nSPS) is 12.5. The zero-order chi connectivity index (χ0) is 59.0. The van der Waals surface area contributed by atoms with Gasteiger partial charge in [-0.3, -0.25) is 14.4 Å². The SMILES string of the molecule is CCCCCCCCCCCCCCCC(=O)OC[C@H](CSC[C@H](NC(=S)NCc1ccc(Cn2c(CCCC)nc3c(N)nc4ccccc4c32)cc1)C(=O)N[C@@H](CO)C(=O)OC)OC(=O)CCCCCCCCCCCCCCC. The van der Waals surface area contributed by atoms with Crippen molar-refractivity contribution in [2.24, 2.45) is 0 Å². The van der Waals surface area contributed by atoms with Crippen molar-refractivity contribution in [1.29, 1.82) is 0 Å². The van der Waals surface area contributed by atoms with E-state index in [0.29, 0.717) is 30.8 Å². The number of carbonyl (C=O) groups is 4. The summed E-state index contributed by atoms with van der Waals surface area (Å²) in [5.74, 6) is -0.330. The van der Waals surface area contributed by atoms with Gasteiger partial charge in [-0.25, -0.2) is 14.8 Å². The van der Waals surface area contributed by atoms with Crippen LogP contribution in [0.4, 0.5) is 5.82 Å². The van der Waals surface area contributed by atoms with E-state index in [1.54, 1.807) is 0 Å². The zero-order valence-corrected chi connectivity index (χ0v) is 52.2. The predicted octanol–water partition coefficient (Wildman–Crippen LogP) is 13.7. The number of methoxy groups -OCH3 is 1. The molecule has 2 heterocycles. The molecule has 2 aromatic heterocycles. The van der Waals surface area contributed by atoms with Crippen LogP contribution in [0.15, 0.2) is 48.5 Å². The van der Waals surface area contributed by atoms with Gasteiger partial charge >= 0.3 is 17.9 Å². The lowest BCUT2D eigenvalue weighted by atomic mass is 10.0. The number of thiocarbonyl (C=S) groups is 1. The zero-order valence-electron chi connectivity index (χ0n) is 50.6. The van der Waals surface area contributed by atoms with Crippen LogP contribution in [0.2, 0.25) is 0 Å². The van der Waals surface area contributed by atoms with Crippen LogP contribution in [0.3, 0.4) is 0 Å². The Bertz CT molecular complexity index is 2440. The number of anilines is 1. The molecule has 0 spiro atoms. The van der Waals surface area contributed by atoms with Crippen LogP contribution in [0.25, 0.3) is 21.9 Å². The fourth-order valence-electron chi connectivity index (χ4n) is 10.2. The molecule has 458 valence electrons. The van der Waals surface area contributed by atoms with Crippen molar-refractivity contribution in [2.45, 2.75) is 251 Å². The Labute approximate surface area is 501 Å². The fraction of sp³-hybridized carbons (Fsp3) is 0.677. The van der Waals surface area contributed by atoms with Crippen LogP contribution in [0, 0.1) is 0 Å². The number of amides is 1. The third-order valence-electron chi connectivity index (χ3n) is 15.2. The molecular formula is C65H103N7O8S2. The molecule has 0 saturated carbocycles. The van der Waals surface area contributed by atoms with Crippen LogP contribution in [0.1, 0.15) is 230 Å². The number of rotatable bonds is 47. The van der Waals surface area contributed by atoms with E-state index in [1.807, 2.05) is 30.3 Å². The van der Waals surface area contributed by atoms with E-state index >= 15 is 0 Å². The number of unbranched alkanes of at least 4 members (excludes halogenated alkanes) is 25. The molecule has 0 unspecified atom stereocenters. The monoisotopic (exact) mass is 1170 g/mol. The largest absolute Gasteiger partial charge is 0.467 e.